The van der Waals surface area contributed by atoms with E-state index in [1.807, 2.05) is 0 Å². The van der Waals surface area contributed by atoms with Gasteiger partial charge in [-0.15, -0.1) is 11.3 Å². The van der Waals surface area contributed by atoms with E-state index in [1.54, 1.807) is 11.6 Å². The lowest BCUT2D eigenvalue weighted by Gasteiger charge is -2.06. The number of anilines is 1. The van der Waals surface area contributed by atoms with Crippen molar-refractivity contribution >= 4 is 32.1 Å². The molecule has 12 heteroatoms. The molecule has 0 radical (unpaired) electrons. The Morgan fingerprint density at radius 1 is 1.50 bits per heavy atom. The van der Waals surface area contributed by atoms with Crippen LogP contribution in [0.1, 0.15) is 5.82 Å². The number of hydrazine groups is 1. The predicted molar refractivity (Wildman–Crippen MR) is 71.3 cm³/mol. The Balaban J connectivity index is 1.97. The number of thiazole rings is 1. The molecular weight excluding hydrogens is 304 g/mol. The van der Waals surface area contributed by atoms with Crippen LogP contribution in [0.2, 0.25) is 0 Å². The first-order valence-corrected chi connectivity index (χ1v) is 7.74. The van der Waals surface area contributed by atoms with Gasteiger partial charge < -0.3 is 5.43 Å². The van der Waals surface area contributed by atoms with Crippen LogP contribution in [0.5, 0.6) is 0 Å². The van der Waals surface area contributed by atoms with Gasteiger partial charge in [0.1, 0.15) is 12.2 Å². The molecule has 10 nitrogen and oxygen atoms in total. The number of H-pyrrole nitrogens is 1. The van der Waals surface area contributed by atoms with Crippen molar-refractivity contribution in [2.75, 3.05) is 5.43 Å². The Hall–Kier alpha value is -2.02. The topological polar surface area (TPSA) is 143 Å². The van der Waals surface area contributed by atoms with Crippen molar-refractivity contribution in [2.24, 2.45) is 5.84 Å². The summed E-state index contributed by atoms with van der Waals surface area (Å²) in [6.07, 6.45) is 2.91. The van der Waals surface area contributed by atoms with Crippen LogP contribution in [0.3, 0.4) is 0 Å². The zero-order valence-electron chi connectivity index (χ0n) is 9.94. The third-order valence-corrected chi connectivity index (χ3v) is 4.68. The van der Waals surface area contributed by atoms with Crippen molar-refractivity contribution in [1.82, 2.24) is 29.3 Å². The maximum Gasteiger partial charge on any atom is 0.260 e. The number of nitrogens with two attached hydrogens (primary N) is 1. The number of fused-ring (bicyclic) bond motifs is 1. The lowest BCUT2D eigenvalue weighted by molar-refractivity contribution is 0.575. The molecule has 0 spiro atoms. The monoisotopic (exact) mass is 314 g/mol. The van der Waals surface area contributed by atoms with Gasteiger partial charge >= 0.3 is 0 Å². The van der Waals surface area contributed by atoms with Crippen molar-refractivity contribution < 1.29 is 8.42 Å². The number of nitrogens with zero attached hydrogens (tertiary/aromatic N) is 4. The van der Waals surface area contributed by atoms with E-state index < -0.39 is 10.0 Å². The molecule has 5 N–H and O–H groups in total. The number of hydrogen-bond acceptors (Lipinski definition) is 8. The first kappa shape index (κ1) is 13.0. The highest BCUT2D eigenvalue weighted by molar-refractivity contribution is 7.89. The first-order chi connectivity index (χ1) is 9.62. The molecule has 0 atom stereocenters. The highest BCUT2D eigenvalue weighted by Crippen LogP contribution is 2.24. The average Bonchev–Trinajstić information content (AvgIpc) is 3.11. The van der Waals surface area contributed by atoms with Crippen LogP contribution in [0.15, 0.2) is 22.9 Å². The number of sulfonamides is 1. The summed E-state index contributed by atoms with van der Waals surface area (Å²) >= 11 is 1.31. The minimum absolute atomic E-state index is 0.0102. The largest absolute Gasteiger partial charge is 0.306 e. The summed E-state index contributed by atoms with van der Waals surface area (Å²) in [6.45, 7) is -0.0102. The second-order valence-corrected chi connectivity index (χ2v) is 6.28. The number of hydrogen-bond donors (Lipinski definition) is 4. The van der Waals surface area contributed by atoms with Gasteiger partial charge in [-0.05, 0) is 0 Å². The Morgan fingerprint density at radius 3 is 3.05 bits per heavy atom. The number of aromatic nitrogens is 5. The molecular formula is C8H10N8O2S2. The maximum absolute atomic E-state index is 12.4. The zero-order chi connectivity index (χ0) is 14.2. The van der Waals surface area contributed by atoms with E-state index in [4.69, 9.17) is 5.84 Å². The molecule has 0 amide bonds. The standard InChI is InChI=1S/C8H10N8O2S2/c9-14-6-7(16-1-2-19-8(16)13-6)20(17,18)12-3-5-10-4-11-15-5/h1-2,4,12,14H,3,9H2,(H,10,11,15). The fourth-order valence-electron chi connectivity index (χ4n) is 1.66. The molecule has 0 saturated heterocycles. The van der Waals surface area contributed by atoms with Gasteiger partial charge in [0.15, 0.2) is 10.8 Å². The van der Waals surface area contributed by atoms with Crippen LogP contribution >= 0.6 is 11.3 Å². The predicted octanol–water partition coefficient (Wildman–Crippen LogP) is -0.722. The van der Waals surface area contributed by atoms with Gasteiger partial charge in [-0.25, -0.2) is 24.0 Å². The summed E-state index contributed by atoms with van der Waals surface area (Å²) in [6, 6.07) is 0. The number of imidazole rings is 1. The molecule has 3 aromatic rings. The van der Waals surface area contributed by atoms with E-state index in [0.29, 0.717) is 10.8 Å². The molecule has 3 rings (SSSR count). The molecule has 0 unspecified atom stereocenters. The SMILES string of the molecule is NNc1nc2sccn2c1S(=O)(=O)NCc1ncn[nH]1. The smallest absolute Gasteiger partial charge is 0.260 e. The number of aromatic amines is 1. The summed E-state index contributed by atoms with van der Waals surface area (Å²) in [5.41, 5.74) is 2.29. The van der Waals surface area contributed by atoms with Crippen LogP contribution in [0.4, 0.5) is 5.82 Å². The van der Waals surface area contributed by atoms with Crippen LogP contribution < -0.4 is 16.0 Å². The second-order valence-electron chi connectivity index (χ2n) is 3.72. The molecule has 0 fully saturated rings. The highest BCUT2D eigenvalue weighted by Gasteiger charge is 2.25. The van der Waals surface area contributed by atoms with Crippen molar-refractivity contribution in [3.63, 3.8) is 0 Å². The molecule has 0 aromatic carbocycles. The quantitative estimate of drug-likeness (QED) is 0.359. The minimum atomic E-state index is -3.81. The van der Waals surface area contributed by atoms with E-state index >= 15 is 0 Å². The third kappa shape index (κ3) is 2.14. The van der Waals surface area contributed by atoms with Crippen molar-refractivity contribution in [1.29, 1.82) is 0 Å². The lowest BCUT2D eigenvalue weighted by Crippen LogP contribution is -2.26. The average molecular weight is 314 g/mol. The molecule has 106 valence electrons. The fourth-order valence-corrected chi connectivity index (χ4v) is 3.66. The molecule has 0 saturated carbocycles. The number of nitrogen functional groups attached to an aromatic ring is 1. The normalized spacial score (nSPS) is 12.1. The van der Waals surface area contributed by atoms with E-state index in [1.165, 1.54) is 22.1 Å². The van der Waals surface area contributed by atoms with E-state index in [9.17, 15) is 8.42 Å². The van der Waals surface area contributed by atoms with Crippen LogP contribution in [-0.2, 0) is 16.6 Å². The van der Waals surface area contributed by atoms with E-state index in [-0.39, 0.29) is 17.4 Å². The Morgan fingerprint density at radius 2 is 2.35 bits per heavy atom. The Labute approximate surface area is 117 Å². The van der Waals surface area contributed by atoms with Gasteiger partial charge in [0, 0.05) is 11.6 Å². The summed E-state index contributed by atoms with van der Waals surface area (Å²) in [7, 11) is -3.81. The van der Waals surface area contributed by atoms with Crippen LogP contribution in [0.25, 0.3) is 4.96 Å². The molecule has 0 aliphatic heterocycles. The molecule has 20 heavy (non-hydrogen) atoms. The van der Waals surface area contributed by atoms with Gasteiger partial charge in [0.05, 0.1) is 6.54 Å². The molecule has 3 aromatic heterocycles. The summed E-state index contributed by atoms with van der Waals surface area (Å²) in [5.74, 6) is 5.81. The van der Waals surface area contributed by atoms with Crippen molar-refractivity contribution in [2.45, 2.75) is 11.6 Å². The second kappa shape index (κ2) is 4.82. The van der Waals surface area contributed by atoms with Gasteiger partial charge in [-0.3, -0.25) is 9.50 Å². The van der Waals surface area contributed by atoms with Crippen LogP contribution in [0, 0.1) is 0 Å². The Bertz CT molecular complexity index is 818. The molecule has 0 aliphatic rings. The lowest BCUT2D eigenvalue weighted by atomic mass is 10.6. The third-order valence-electron chi connectivity index (χ3n) is 2.50. The maximum atomic E-state index is 12.4. The van der Waals surface area contributed by atoms with Crippen molar-refractivity contribution in [3.8, 4) is 0 Å². The van der Waals surface area contributed by atoms with Crippen LogP contribution in [-0.4, -0.2) is 33.0 Å². The fraction of sp³-hybridized carbons (Fsp3) is 0.125. The van der Waals surface area contributed by atoms with E-state index in [2.05, 4.69) is 30.3 Å². The molecule has 0 aliphatic carbocycles. The van der Waals surface area contributed by atoms with Gasteiger partial charge in [0.2, 0.25) is 5.03 Å². The summed E-state index contributed by atoms with van der Waals surface area (Å²) < 4.78 is 28.6. The summed E-state index contributed by atoms with van der Waals surface area (Å²) in [5, 5.41) is 7.90. The first-order valence-electron chi connectivity index (χ1n) is 5.38. The zero-order valence-corrected chi connectivity index (χ0v) is 11.6. The highest BCUT2D eigenvalue weighted by atomic mass is 32.2. The number of nitrogens with one attached hydrogen (secondary N) is 3. The Kier molecular flexibility index (Phi) is 3.13. The minimum Gasteiger partial charge on any atom is -0.306 e. The molecule has 0 bridgehead atoms. The number of rotatable bonds is 5. The van der Waals surface area contributed by atoms with Gasteiger partial charge in [-0.1, -0.05) is 0 Å². The van der Waals surface area contributed by atoms with E-state index in [0.717, 1.165) is 0 Å². The summed E-state index contributed by atoms with van der Waals surface area (Å²) in [4.78, 5) is 8.46. The van der Waals surface area contributed by atoms with Gasteiger partial charge in [-0.2, -0.15) is 10.1 Å². The van der Waals surface area contributed by atoms with Crippen molar-refractivity contribution in [3.05, 3.63) is 23.7 Å². The molecule has 3 heterocycles. The van der Waals surface area contributed by atoms with Gasteiger partial charge in [0.25, 0.3) is 10.0 Å².